The molecule has 0 saturated heterocycles. The fraction of sp³-hybridized carbons (Fsp3) is 0.111. The van der Waals surface area contributed by atoms with Crippen LogP contribution < -0.4 is 15.9 Å². The number of hydrogen-bond donors (Lipinski definition) is 2. The zero-order valence-corrected chi connectivity index (χ0v) is 13.9. The van der Waals surface area contributed by atoms with Crippen LogP contribution in [0.15, 0.2) is 59.7 Å². The molecule has 0 amide bonds. The summed E-state index contributed by atoms with van der Waals surface area (Å²) in [5.74, 6) is 0.823. The van der Waals surface area contributed by atoms with Crippen molar-refractivity contribution in [2.24, 2.45) is 10.8 Å². The van der Waals surface area contributed by atoms with Gasteiger partial charge < -0.3 is 10.5 Å². The Hall–Kier alpha value is -2.66. The van der Waals surface area contributed by atoms with Crippen molar-refractivity contribution in [2.45, 2.75) is 6.92 Å². The summed E-state index contributed by atoms with van der Waals surface area (Å²) in [5, 5.41) is 4.38. The first-order valence-electron chi connectivity index (χ1n) is 7.11. The minimum atomic E-state index is 0.140. The summed E-state index contributed by atoms with van der Waals surface area (Å²) in [4.78, 5) is 0. The van der Waals surface area contributed by atoms with E-state index >= 15 is 0 Å². The molecule has 3 N–H and O–H groups in total. The number of rotatable bonds is 5. The molecule has 0 atom stereocenters. The van der Waals surface area contributed by atoms with Gasteiger partial charge in [-0.1, -0.05) is 42.5 Å². The molecule has 4 nitrogen and oxygen atoms in total. The molecule has 0 heterocycles. The van der Waals surface area contributed by atoms with Crippen molar-refractivity contribution in [1.82, 2.24) is 5.43 Å². The molecule has 0 fully saturated rings. The largest absolute Gasteiger partial charge is 0.497 e. The van der Waals surface area contributed by atoms with E-state index in [4.69, 9.17) is 22.7 Å². The zero-order chi connectivity index (χ0) is 16.7. The third-order valence-corrected chi connectivity index (χ3v) is 3.33. The van der Waals surface area contributed by atoms with Gasteiger partial charge in [0.2, 0.25) is 0 Å². The lowest BCUT2D eigenvalue weighted by Gasteiger charge is -2.09. The molecule has 0 aliphatic carbocycles. The minimum absolute atomic E-state index is 0.140. The van der Waals surface area contributed by atoms with Crippen LogP contribution in [0.2, 0.25) is 0 Å². The monoisotopic (exact) mass is 325 g/mol. The number of nitrogens with zero attached hydrogens (tertiary/aromatic N) is 1. The highest BCUT2D eigenvalue weighted by atomic mass is 32.1. The quantitative estimate of drug-likeness (QED) is 0.383. The van der Waals surface area contributed by atoms with Crippen molar-refractivity contribution < 1.29 is 4.74 Å². The molecule has 0 saturated carbocycles. The fourth-order valence-corrected chi connectivity index (χ4v) is 2.13. The van der Waals surface area contributed by atoms with Crippen molar-refractivity contribution in [1.29, 1.82) is 0 Å². The van der Waals surface area contributed by atoms with Gasteiger partial charge in [-0.3, -0.25) is 5.43 Å². The first-order chi connectivity index (χ1) is 11.1. The maximum absolute atomic E-state index is 5.44. The van der Waals surface area contributed by atoms with Crippen LogP contribution in [0.5, 0.6) is 5.75 Å². The standard InChI is InChI=1S/C18H19N3OS/c1-13(20-21-18(19)23)17(15-6-4-3-5-7-15)12-14-8-10-16(22-2)11-9-14/h3-12H,1-2H3,(H3,19,21,23)/b17-12+,20-13-. The summed E-state index contributed by atoms with van der Waals surface area (Å²) in [5.41, 5.74) is 12.0. The summed E-state index contributed by atoms with van der Waals surface area (Å²) in [6, 6.07) is 17.9. The van der Waals surface area contributed by atoms with E-state index in [0.29, 0.717) is 0 Å². The van der Waals surface area contributed by atoms with Gasteiger partial charge in [0, 0.05) is 5.57 Å². The highest BCUT2D eigenvalue weighted by molar-refractivity contribution is 7.80. The van der Waals surface area contributed by atoms with E-state index in [2.05, 4.69) is 16.6 Å². The Morgan fingerprint density at radius 2 is 1.78 bits per heavy atom. The number of nitrogens with one attached hydrogen (secondary N) is 1. The van der Waals surface area contributed by atoms with Crippen LogP contribution in [0.1, 0.15) is 18.1 Å². The minimum Gasteiger partial charge on any atom is -0.497 e. The molecule has 0 aliphatic rings. The molecule has 5 heteroatoms. The SMILES string of the molecule is COc1ccc(/C=C(\C(C)=N/NC(N)=S)c2ccccc2)cc1. The zero-order valence-electron chi connectivity index (χ0n) is 13.1. The molecule has 0 unspecified atom stereocenters. The third-order valence-electron chi connectivity index (χ3n) is 3.24. The summed E-state index contributed by atoms with van der Waals surface area (Å²) in [6.07, 6.45) is 2.06. The van der Waals surface area contributed by atoms with Crippen LogP contribution in [-0.4, -0.2) is 17.9 Å². The molecule has 0 spiro atoms. The Labute approximate surface area is 141 Å². The Morgan fingerprint density at radius 1 is 1.13 bits per heavy atom. The summed E-state index contributed by atoms with van der Waals surface area (Å²) < 4.78 is 5.19. The number of allylic oxidation sites excluding steroid dienone is 1. The lowest BCUT2D eigenvalue weighted by atomic mass is 9.99. The van der Waals surface area contributed by atoms with Gasteiger partial charge in [0.25, 0.3) is 0 Å². The molecule has 2 aromatic carbocycles. The molecule has 0 aliphatic heterocycles. The topological polar surface area (TPSA) is 59.6 Å². The van der Waals surface area contributed by atoms with Crippen LogP contribution in [0, 0.1) is 0 Å². The number of ether oxygens (including phenoxy) is 1. The lowest BCUT2D eigenvalue weighted by Crippen LogP contribution is -2.25. The van der Waals surface area contributed by atoms with E-state index in [1.54, 1.807) is 7.11 Å². The molecule has 0 radical (unpaired) electrons. The molecule has 2 rings (SSSR count). The molecular formula is C18H19N3OS. The Morgan fingerprint density at radius 3 is 2.35 bits per heavy atom. The number of hydrazone groups is 1. The Balaban J connectivity index is 2.41. The lowest BCUT2D eigenvalue weighted by molar-refractivity contribution is 0.415. The molecule has 2 aromatic rings. The van der Waals surface area contributed by atoms with E-state index in [1.807, 2.05) is 61.5 Å². The van der Waals surface area contributed by atoms with Crippen molar-refractivity contribution in [2.75, 3.05) is 7.11 Å². The first-order valence-corrected chi connectivity index (χ1v) is 7.52. The van der Waals surface area contributed by atoms with Crippen molar-refractivity contribution in [3.8, 4) is 5.75 Å². The number of benzene rings is 2. The summed E-state index contributed by atoms with van der Waals surface area (Å²) in [6.45, 7) is 1.91. The average molecular weight is 325 g/mol. The van der Waals surface area contributed by atoms with Crippen molar-refractivity contribution in [3.63, 3.8) is 0 Å². The normalized spacial score (nSPS) is 11.9. The summed E-state index contributed by atoms with van der Waals surface area (Å²) >= 11 is 4.80. The Kier molecular flexibility index (Phi) is 5.88. The highest BCUT2D eigenvalue weighted by Gasteiger charge is 2.06. The van der Waals surface area contributed by atoms with Gasteiger partial charge in [-0.25, -0.2) is 0 Å². The molecule has 23 heavy (non-hydrogen) atoms. The van der Waals surface area contributed by atoms with Gasteiger partial charge in [-0.2, -0.15) is 5.10 Å². The van der Waals surface area contributed by atoms with Gasteiger partial charge in [0.1, 0.15) is 5.75 Å². The van der Waals surface area contributed by atoms with Crippen molar-refractivity contribution >= 4 is 34.7 Å². The number of nitrogens with two attached hydrogens (primary N) is 1. The van der Waals surface area contributed by atoms with Crippen LogP contribution in [0.3, 0.4) is 0 Å². The molecule has 118 valence electrons. The average Bonchev–Trinajstić information content (AvgIpc) is 2.59. The number of thiocarbonyl (C=S) groups is 1. The third kappa shape index (κ3) is 4.93. The second-order valence-electron chi connectivity index (χ2n) is 4.87. The fourth-order valence-electron chi connectivity index (χ4n) is 2.08. The van der Waals surface area contributed by atoms with Gasteiger partial charge in [-0.05, 0) is 48.5 Å². The van der Waals surface area contributed by atoms with E-state index in [-0.39, 0.29) is 5.11 Å². The maximum Gasteiger partial charge on any atom is 0.184 e. The Bertz CT molecular complexity index is 722. The summed E-state index contributed by atoms with van der Waals surface area (Å²) in [7, 11) is 1.65. The number of methoxy groups -OCH3 is 1. The second kappa shape index (κ2) is 8.10. The predicted octanol–water partition coefficient (Wildman–Crippen LogP) is 3.44. The molecular weight excluding hydrogens is 306 g/mol. The number of hydrogen-bond acceptors (Lipinski definition) is 3. The molecule has 0 bridgehead atoms. The van der Waals surface area contributed by atoms with E-state index in [9.17, 15) is 0 Å². The smallest absolute Gasteiger partial charge is 0.184 e. The van der Waals surface area contributed by atoms with Crippen molar-refractivity contribution in [3.05, 3.63) is 65.7 Å². The van der Waals surface area contributed by atoms with Crippen LogP contribution >= 0.6 is 12.2 Å². The van der Waals surface area contributed by atoms with E-state index in [1.165, 1.54) is 0 Å². The van der Waals surface area contributed by atoms with Gasteiger partial charge in [-0.15, -0.1) is 0 Å². The van der Waals surface area contributed by atoms with Gasteiger partial charge >= 0.3 is 0 Å². The first kappa shape index (κ1) is 16.7. The van der Waals surface area contributed by atoms with Crippen LogP contribution in [0.25, 0.3) is 11.6 Å². The molecule has 0 aromatic heterocycles. The highest BCUT2D eigenvalue weighted by Crippen LogP contribution is 2.21. The van der Waals surface area contributed by atoms with E-state index in [0.717, 1.165) is 28.2 Å². The van der Waals surface area contributed by atoms with Gasteiger partial charge in [0.05, 0.1) is 12.8 Å². The van der Waals surface area contributed by atoms with Gasteiger partial charge in [0.15, 0.2) is 5.11 Å². The van der Waals surface area contributed by atoms with E-state index < -0.39 is 0 Å². The van der Waals surface area contributed by atoms with Crippen LogP contribution in [-0.2, 0) is 0 Å². The second-order valence-corrected chi connectivity index (χ2v) is 5.31. The predicted molar refractivity (Wildman–Crippen MR) is 100 cm³/mol. The van der Waals surface area contributed by atoms with Crippen LogP contribution in [0.4, 0.5) is 0 Å². The maximum atomic E-state index is 5.44.